The lowest BCUT2D eigenvalue weighted by molar-refractivity contribution is -0.840. The molecule has 3 heteroatoms. The summed E-state index contributed by atoms with van der Waals surface area (Å²) in [7, 11) is 3.37. The van der Waals surface area contributed by atoms with Gasteiger partial charge in [-0.2, -0.15) is 0 Å². The van der Waals surface area contributed by atoms with Gasteiger partial charge in [-0.05, 0) is 6.42 Å². The molecular weight excluding hydrogens is 250 g/mol. The number of unbranched alkanes of at least 4 members (excludes halogenated alkanes) is 9. The summed E-state index contributed by atoms with van der Waals surface area (Å²) < 4.78 is 5.35. The van der Waals surface area contributed by atoms with Crippen molar-refractivity contribution in [2.75, 3.05) is 33.9 Å². The first-order valence-electron chi connectivity index (χ1n) is 8.68. The summed E-state index contributed by atoms with van der Waals surface area (Å²) in [5.41, 5.74) is 0. The number of ether oxygens (including phenoxy) is 1. The number of nitrogens with zero attached hydrogens (tertiary/aromatic N) is 1. The van der Waals surface area contributed by atoms with Crippen molar-refractivity contribution in [1.82, 2.24) is 0 Å². The summed E-state index contributed by atoms with van der Waals surface area (Å²) in [4.78, 5) is 0. The van der Waals surface area contributed by atoms with Gasteiger partial charge in [0, 0.05) is 13.0 Å². The molecule has 0 fully saturated rings. The van der Waals surface area contributed by atoms with Gasteiger partial charge >= 0.3 is 0 Å². The van der Waals surface area contributed by atoms with Crippen molar-refractivity contribution in [2.45, 2.75) is 77.6 Å². The average molecular weight is 287 g/mol. The Bertz CT molecular complexity index is 190. The minimum Gasteiger partial charge on any atom is -0.633 e. The molecule has 0 N–H and O–H groups in total. The Hall–Kier alpha value is -0.120. The van der Waals surface area contributed by atoms with E-state index in [4.69, 9.17) is 4.74 Å². The van der Waals surface area contributed by atoms with Gasteiger partial charge in [-0.1, -0.05) is 64.7 Å². The Labute approximate surface area is 126 Å². The fraction of sp³-hybridized carbons (Fsp3) is 1.00. The standard InChI is InChI=1S/C17H37NO2/c1-4-5-6-7-8-9-10-11-12-13-16-20-17-14-15-18(2,3)19/h4-17H2,1-3H3. The quantitative estimate of drug-likeness (QED) is 0.244. The van der Waals surface area contributed by atoms with E-state index in [1.54, 1.807) is 14.1 Å². The zero-order valence-corrected chi connectivity index (χ0v) is 14.2. The summed E-state index contributed by atoms with van der Waals surface area (Å²) in [6.45, 7) is 4.52. The van der Waals surface area contributed by atoms with Crippen molar-refractivity contribution < 1.29 is 9.38 Å². The highest BCUT2D eigenvalue weighted by Crippen LogP contribution is 2.10. The van der Waals surface area contributed by atoms with Crippen molar-refractivity contribution in [2.24, 2.45) is 0 Å². The van der Waals surface area contributed by atoms with Crippen LogP contribution in [0.2, 0.25) is 0 Å². The Morgan fingerprint density at radius 3 is 1.65 bits per heavy atom. The molecule has 122 valence electrons. The molecule has 0 heterocycles. The molecule has 0 aromatic heterocycles. The fourth-order valence-corrected chi connectivity index (χ4v) is 2.34. The summed E-state index contributed by atoms with van der Waals surface area (Å²) in [5, 5.41) is 11.3. The molecule has 0 saturated heterocycles. The van der Waals surface area contributed by atoms with E-state index in [1.807, 2.05) is 0 Å². The summed E-state index contributed by atoms with van der Waals surface area (Å²) >= 11 is 0. The van der Waals surface area contributed by atoms with E-state index in [9.17, 15) is 5.21 Å². The number of hydroxylamine groups is 3. The van der Waals surface area contributed by atoms with Crippen LogP contribution in [0, 0.1) is 5.21 Å². The summed E-state index contributed by atoms with van der Waals surface area (Å²) in [6.07, 6.45) is 14.5. The molecule has 0 spiro atoms. The van der Waals surface area contributed by atoms with Crippen LogP contribution in [-0.2, 0) is 4.74 Å². The first kappa shape index (κ1) is 19.9. The monoisotopic (exact) mass is 287 g/mol. The first-order valence-corrected chi connectivity index (χ1v) is 8.68. The van der Waals surface area contributed by atoms with Crippen LogP contribution in [-0.4, -0.2) is 38.5 Å². The molecule has 0 radical (unpaired) electrons. The molecule has 0 amide bonds. The van der Waals surface area contributed by atoms with Gasteiger partial charge in [0.2, 0.25) is 0 Å². The molecule has 0 aromatic carbocycles. The molecule has 0 aliphatic heterocycles. The Kier molecular flexibility index (Phi) is 13.8. The number of rotatable bonds is 15. The molecule has 0 bridgehead atoms. The van der Waals surface area contributed by atoms with Crippen LogP contribution >= 0.6 is 0 Å². The molecule has 0 aliphatic rings. The van der Waals surface area contributed by atoms with Crippen LogP contribution in [0.15, 0.2) is 0 Å². The predicted molar refractivity (Wildman–Crippen MR) is 87.6 cm³/mol. The molecule has 0 rings (SSSR count). The predicted octanol–water partition coefficient (Wildman–Crippen LogP) is 4.89. The second-order valence-corrected chi connectivity index (χ2v) is 6.45. The van der Waals surface area contributed by atoms with E-state index in [0.717, 1.165) is 19.6 Å². The molecule has 0 aliphatic carbocycles. The van der Waals surface area contributed by atoms with E-state index >= 15 is 0 Å². The first-order chi connectivity index (χ1) is 9.56. The number of quaternary nitrogens is 1. The van der Waals surface area contributed by atoms with Gasteiger partial charge in [0.1, 0.15) is 0 Å². The van der Waals surface area contributed by atoms with Gasteiger partial charge in [-0.15, -0.1) is 0 Å². The normalized spacial score (nSPS) is 12.0. The second kappa shape index (κ2) is 13.8. The maximum absolute atomic E-state index is 11.3. The molecule has 0 aromatic rings. The number of hydrogen-bond donors (Lipinski definition) is 0. The van der Waals surface area contributed by atoms with Crippen LogP contribution in [0.4, 0.5) is 0 Å². The maximum Gasteiger partial charge on any atom is 0.0802 e. The Balaban J connectivity index is 2.99. The Morgan fingerprint density at radius 1 is 0.700 bits per heavy atom. The van der Waals surface area contributed by atoms with Crippen LogP contribution in [0.25, 0.3) is 0 Å². The van der Waals surface area contributed by atoms with Crippen molar-refractivity contribution in [3.05, 3.63) is 5.21 Å². The van der Waals surface area contributed by atoms with E-state index < -0.39 is 0 Å². The van der Waals surface area contributed by atoms with Crippen LogP contribution < -0.4 is 0 Å². The third-order valence-corrected chi connectivity index (χ3v) is 3.63. The fourth-order valence-electron chi connectivity index (χ4n) is 2.34. The molecule has 0 unspecified atom stereocenters. The smallest absolute Gasteiger partial charge is 0.0802 e. The largest absolute Gasteiger partial charge is 0.633 e. The molecule has 0 saturated carbocycles. The van der Waals surface area contributed by atoms with Crippen LogP contribution in [0.1, 0.15) is 77.6 Å². The van der Waals surface area contributed by atoms with Gasteiger partial charge in [-0.3, -0.25) is 0 Å². The van der Waals surface area contributed by atoms with Crippen molar-refractivity contribution in [3.63, 3.8) is 0 Å². The molecule has 0 atom stereocenters. The van der Waals surface area contributed by atoms with Crippen LogP contribution in [0.5, 0.6) is 0 Å². The van der Waals surface area contributed by atoms with Crippen LogP contribution in [0.3, 0.4) is 0 Å². The van der Waals surface area contributed by atoms with Crippen molar-refractivity contribution >= 4 is 0 Å². The Morgan fingerprint density at radius 2 is 1.15 bits per heavy atom. The number of hydrogen-bond acceptors (Lipinski definition) is 2. The third kappa shape index (κ3) is 17.9. The van der Waals surface area contributed by atoms with E-state index in [2.05, 4.69) is 6.92 Å². The van der Waals surface area contributed by atoms with E-state index in [1.165, 1.54) is 64.2 Å². The van der Waals surface area contributed by atoms with Gasteiger partial charge in [0.05, 0.1) is 27.2 Å². The van der Waals surface area contributed by atoms with Crippen molar-refractivity contribution in [1.29, 1.82) is 0 Å². The third-order valence-electron chi connectivity index (χ3n) is 3.63. The minimum absolute atomic E-state index is 0.207. The SMILES string of the molecule is CCCCCCCCCCCCOCCC[N+](C)(C)[O-]. The topological polar surface area (TPSA) is 32.3 Å². The summed E-state index contributed by atoms with van der Waals surface area (Å²) in [6, 6.07) is 0. The highest BCUT2D eigenvalue weighted by Gasteiger charge is 2.00. The van der Waals surface area contributed by atoms with Crippen molar-refractivity contribution in [3.8, 4) is 0 Å². The lowest BCUT2D eigenvalue weighted by Crippen LogP contribution is -2.33. The van der Waals surface area contributed by atoms with E-state index in [0.29, 0.717) is 6.54 Å². The van der Waals surface area contributed by atoms with Gasteiger partial charge in [0.15, 0.2) is 0 Å². The highest BCUT2D eigenvalue weighted by molar-refractivity contribution is 4.47. The zero-order chi connectivity index (χ0) is 15.1. The van der Waals surface area contributed by atoms with Gasteiger partial charge < -0.3 is 14.6 Å². The lowest BCUT2D eigenvalue weighted by atomic mass is 10.1. The second-order valence-electron chi connectivity index (χ2n) is 6.45. The average Bonchev–Trinajstić information content (AvgIpc) is 2.38. The van der Waals surface area contributed by atoms with Gasteiger partial charge in [0.25, 0.3) is 0 Å². The van der Waals surface area contributed by atoms with Gasteiger partial charge in [-0.25, -0.2) is 0 Å². The lowest BCUT2D eigenvalue weighted by Gasteiger charge is -2.33. The molecular formula is C17H37NO2. The molecule has 20 heavy (non-hydrogen) atoms. The summed E-state index contributed by atoms with van der Waals surface area (Å²) in [5.74, 6) is 0. The minimum atomic E-state index is -0.207. The van der Waals surface area contributed by atoms with E-state index in [-0.39, 0.29) is 4.65 Å². The zero-order valence-electron chi connectivity index (χ0n) is 14.2. The maximum atomic E-state index is 11.3. The molecule has 3 nitrogen and oxygen atoms in total. The highest BCUT2D eigenvalue weighted by atomic mass is 16.5.